The lowest BCUT2D eigenvalue weighted by Gasteiger charge is -2.20. The highest BCUT2D eigenvalue weighted by Crippen LogP contribution is 2.23. The lowest BCUT2D eigenvalue weighted by molar-refractivity contribution is 0.0690. The highest BCUT2D eigenvalue weighted by atomic mass is 19.2. The molecule has 1 rings (SSSR count). The maximum atomic E-state index is 13.8. The van der Waals surface area contributed by atoms with E-state index in [-0.39, 0.29) is 11.7 Å². The van der Waals surface area contributed by atoms with E-state index in [9.17, 15) is 13.6 Å². The van der Waals surface area contributed by atoms with Gasteiger partial charge in [0.2, 0.25) is 0 Å². The Balaban J connectivity index is 2.90. The molecule has 1 atom stereocenters. The predicted octanol–water partition coefficient (Wildman–Crippen LogP) is 4.43. The van der Waals surface area contributed by atoms with Crippen LogP contribution in [-0.4, -0.2) is 17.1 Å². The fourth-order valence-electron chi connectivity index (χ4n) is 2.13. The second kappa shape index (κ2) is 7.82. The molecule has 0 spiro atoms. The van der Waals surface area contributed by atoms with Crippen molar-refractivity contribution < 1.29 is 18.7 Å². The molecule has 0 heterocycles. The fourth-order valence-corrected chi connectivity index (χ4v) is 2.13. The van der Waals surface area contributed by atoms with Gasteiger partial charge in [0.15, 0.2) is 11.6 Å². The molecule has 2 N–H and O–H groups in total. The molecule has 0 saturated heterocycles. The summed E-state index contributed by atoms with van der Waals surface area (Å²) in [7, 11) is 0. The summed E-state index contributed by atoms with van der Waals surface area (Å²) in [4.78, 5) is 10.7. The van der Waals surface area contributed by atoms with E-state index in [2.05, 4.69) is 12.2 Å². The van der Waals surface area contributed by atoms with E-state index in [1.807, 2.05) is 6.92 Å². The number of unbranched alkanes of at least 4 members (excludes halogenated alkanes) is 1. The van der Waals surface area contributed by atoms with Gasteiger partial charge in [-0.1, -0.05) is 33.1 Å². The van der Waals surface area contributed by atoms with E-state index in [1.165, 1.54) is 6.07 Å². The minimum atomic E-state index is -1.47. The highest BCUT2D eigenvalue weighted by molar-refractivity contribution is 5.88. The van der Waals surface area contributed by atoms with Crippen LogP contribution in [-0.2, 0) is 0 Å². The Morgan fingerprint density at radius 1 is 1.20 bits per heavy atom. The van der Waals surface area contributed by atoms with Gasteiger partial charge in [0.25, 0.3) is 0 Å². The van der Waals surface area contributed by atoms with E-state index < -0.39 is 23.2 Å². The van der Waals surface area contributed by atoms with Crippen LogP contribution < -0.4 is 5.32 Å². The van der Waals surface area contributed by atoms with Gasteiger partial charge in [-0.2, -0.15) is 0 Å². The molecule has 0 bridgehead atoms. The molecule has 5 heteroatoms. The zero-order chi connectivity index (χ0) is 15.1. The van der Waals surface area contributed by atoms with Crippen LogP contribution in [0.15, 0.2) is 12.1 Å². The van der Waals surface area contributed by atoms with Crippen molar-refractivity contribution in [1.82, 2.24) is 0 Å². The number of hydrogen-bond acceptors (Lipinski definition) is 2. The number of carboxylic acid groups (broad SMARTS) is 1. The molecule has 0 aliphatic heterocycles. The predicted molar refractivity (Wildman–Crippen MR) is 75.2 cm³/mol. The molecule has 0 saturated carbocycles. The third kappa shape index (κ3) is 4.18. The van der Waals surface area contributed by atoms with Crippen LogP contribution >= 0.6 is 0 Å². The van der Waals surface area contributed by atoms with E-state index in [0.29, 0.717) is 0 Å². The van der Waals surface area contributed by atoms with Crippen molar-refractivity contribution in [1.29, 1.82) is 0 Å². The third-order valence-electron chi connectivity index (χ3n) is 3.22. The first-order valence-electron chi connectivity index (χ1n) is 6.99. The molecule has 3 nitrogen and oxygen atoms in total. The summed E-state index contributed by atoms with van der Waals surface area (Å²) < 4.78 is 27.4. The Morgan fingerprint density at radius 2 is 1.90 bits per heavy atom. The summed E-state index contributed by atoms with van der Waals surface area (Å²) in [6.07, 6.45) is 4.73. The van der Waals surface area contributed by atoms with Crippen LogP contribution in [0.3, 0.4) is 0 Å². The number of benzene rings is 1. The maximum Gasteiger partial charge on any atom is 0.338 e. The molecule has 0 aliphatic carbocycles. The van der Waals surface area contributed by atoms with Crippen molar-refractivity contribution in [3.63, 3.8) is 0 Å². The SMILES string of the molecule is CCCCC(CCC)Nc1ccc(C(=O)O)c(F)c1F. The number of aromatic carboxylic acids is 1. The van der Waals surface area contributed by atoms with E-state index >= 15 is 0 Å². The van der Waals surface area contributed by atoms with Crippen molar-refractivity contribution in [2.75, 3.05) is 5.32 Å². The summed E-state index contributed by atoms with van der Waals surface area (Å²) in [5.74, 6) is -3.90. The first kappa shape index (κ1) is 16.4. The van der Waals surface area contributed by atoms with Gasteiger partial charge in [0.1, 0.15) is 0 Å². The largest absolute Gasteiger partial charge is 0.478 e. The van der Waals surface area contributed by atoms with Gasteiger partial charge < -0.3 is 10.4 Å². The van der Waals surface area contributed by atoms with Gasteiger partial charge in [-0.05, 0) is 25.0 Å². The lowest BCUT2D eigenvalue weighted by atomic mass is 10.0. The van der Waals surface area contributed by atoms with Crippen LogP contribution in [0.2, 0.25) is 0 Å². The van der Waals surface area contributed by atoms with Gasteiger partial charge in [-0.3, -0.25) is 0 Å². The molecule has 1 unspecified atom stereocenters. The zero-order valence-corrected chi connectivity index (χ0v) is 11.9. The average molecular weight is 285 g/mol. The molecule has 112 valence electrons. The Morgan fingerprint density at radius 3 is 2.45 bits per heavy atom. The molecule has 0 aliphatic rings. The molecule has 0 aromatic heterocycles. The summed E-state index contributed by atoms with van der Waals surface area (Å²) in [5.41, 5.74) is -0.615. The maximum absolute atomic E-state index is 13.8. The lowest BCUT2D eigenvalue weighted by Crippen LogP contribution is -2.20. The van der Waals surface area contributed by atoms with Crippen LogP contribution in [0.1, 0.15) is 56.3 Å². The molecule has 20 heavy (non-hydrogen) atoms. The van der Waals surface area contributed by atoms with Crippen LogP contribution in [0.4, 0.5) is 14.5 Å². The fraction of sp³-hybridized carbons (Fsp3) is 0.533. The smallest absolute Gasteiger partial charge is 0.338 e. The second-order valence-corrected chi connectivity index (χ2v) is 4.87. The van der Waals surface area contributed by atoms with Gasteiger partial charge >= 0.3 is 5.97 Å². The van der Waals surface area contributed by atoms with Gasteiger partial charge in [0, 0.05) is 6.04 Å². The summed E-state index contributed by atoms with van der Waals surface area (Å²) in [5, 5.41) is 11.7. The van der Waals surface area contributed by atoms with Crippen molar-refractivity contribution in [2.45, 2.75) is 52.0 Å². The first-order valence-corrected chi connectivity index (χ1v) is 6.99. The first-order chi connectivity index (χ1) is 9.51. The van der Waals surface area contributed by atoms with Crippen molar-refractivity contribution in [3.05, 3.63) is 29.3 Å². The number of halogens is 2. The van der Waals surface area contributed by atoms with Crippen molar-refractivity contribution in [2.24, 2.45) is 0 Å². The number of carbonyl (C=O) groups is 1. The summed E-state index contributed by atoms with van der Waals surface area (Å²) >= 11 is 0. The Hall–Kier alpha value is -1.65. The van der Waals surface area contributed by atoms with Gasteiger partial charge in [-0.15, -0.1) is 0 Å². The number of hydrogen-bond donors (Lipinski definition) is 2. The summed E-state index contributed by atoms with van der Waals surface area (Å²) in [6.45, 7) is 4.11. The van der Waals surface area contributed by atoms with E-state index in [1.54, 1.807) is 0 Å². The monoisotopic (exact) mass is 285 g/mol. The Labute approximate surface area is 118 Å². The van der Waals surface area contributed by atoms with Crippen LogP contribution in [0.5, 0.6) is 0 Å². The minimum absolute atomic E-state index is 0.0297. The molecule has 0 radical (unpaired) electrons. The van der Waals surface area contributed by atoms with Crippen molar-refractivity contribution in [3.8, 4) is 0 Å². The number of rotatable bonds is 8. The van der Waals surface area contributed by atoms with E-state index in [0.717, 1.165) is 38.2 Å². The van der Waals surface area contributed by atoms with E-state index in [4.69, 9.17) is 5.11 Å². The molecule has 1 aromatic rings. The average Bonchev–Trinajstić information content (AvgIpc) is 2.41. The molecular weight excluding hydrogens is 264 g/mol. The van der Waals surface area contributed by atoms with Gasteiger partial charge in [0.05, 0.1) is 11.3 Å². The Kier molecular flexibility index (Phi) is 6.42. The molecular formula is C15H21F2NO2. The normalized spacial score (nSPS) is 12.2. The molecule has 1 aromatic carbocycles. The molecule has 0 fully saturated rings. The summed E-state index contributed by atoms with van der Waals surface area (Å²) in [6, 6.07) is 2.45. The molecule has 0 amide bonds. The minimum Gasteiger partial charge on any atom is -0.478 e. The number of nitrogens with one attached hydrogen (secondary N) is 1. The third-order valence-corrected chi connectivity index (χ3v) is 3.22. The van der Waals surface area contributed by atoms with Crippen molar-refractivity contribution >= 4 is 11.7 Å². The highest BCUT2D eigenvalue weighted by Gasteiger charge is 2.19. The number of carboxylic acids is 1. The quantitative estimate of drug-likeness (QED) is 0.742. The van der Waals surface area contributed by atoms with Crippen LogP contribution in [0, 0.1) is 11.6 Å². The Bertz CT molecular complexity index is 463. The zero-order valence-electron chi connectivity index (χ0n) is 11.9. The number of anilines is 1. The topological polar surface area (TPSA) is 49.3 Å². The van der Waals surface area contributed by atoms with Crippen LogP contribution in [0.25, 0.3) is 0 Å². The standard InChI is InChI=1S/C15H21F2NO2/c1-3-5-7-10(6-4-2)18-12-9-8-11(15(19)20)13(16)14(12)17/h8-10,18H,3-7H2,1-2H3,(H,19,20). The van der Waals surface area contributed by atoms with Gasteiger partial charge in [-0.25, -0.2) is 13.6 Å². The second-order valence-electron chi connectivity index (χ2n) is 4.87.